The van der Waals surface area contributed by atoms with Crippen LogP contribution >= 0.6 is 0 Å². The zero-order valence-electron chi connectivity index (χ0n) is 28.4. The highest BCUT2D eigenvalue weighted by atomic mass is 16.3. The number of furan rings is 1. The molecule has 0 spiro atoms. The number of hydrogen-bond acceptors (Lipinski definition) is 2. The fraction of sp³-hybridized carbons (Fsp3) is 0. The monoisotopic (exact) mass is 663 g/mol. The first-order valence-electron chi connectivity index (χ1n) is 17.8. The molecule has 0 aliphatic rings. The molecule has 1 heterocycles. The number of rotatable bonds is 6. The Hall–Kier alpha value is -6.90. The van der Waals surface area contributed by atoms with Gasteiger partial charge < -0.3 is 9.32 Å². The summed E-state index contributed by atoms with van der Waals surface area (Å²) < 4.78 is 6.50. The highest BCUT2D eigenvalue weighted by Gasteiger charge is 2.20. The number of para-hydroxylation sites is 1. The molecule has 0 aliphatic carbocycles. The lowest BCUT2D eigenvalue weighted by Crippen LogP contribution is -2.11. The van der Waals surface area contributed by atoms with Gasteiger partial charge in [0, 0.05) is 33.1 Å². The van der Waals surface area contributed by atoms with Gasteiger partial charge in [-0.05, 0) is 98.6 Å². The van der Waals surface area contributed by atoms with Crippen molar-refractivity contribution in [2.75, 3.05) is 4.90 Å². The van der Waals surface area contributed by atoms with E-state index in [9.17, 15) is 0 Å². The van der Waals surface area contributed by atoms with Crippen molar-refractivity contribution >= 4 is 60.5 Å². The van der Waals surface area contributed by atoms with E-state index in [-0.39, 0.29) is 0 Å². The summed E-state index contributed by atoms with van der Waals surface area (Å²) in [6.07, 6.45) is 0. The second kappa shape index (κ2) is 12.5. The van der Waals surface area contributed by atoms with Gasteiger partial charge in [0.15, 0.2) is 0 Å². The van der Waals surface area contributed by atoms with Gasteiger partial charge in [-0.25, -0.2) is 0 Å². The van der Waals surface area contributed by atoms with Crippen LogP contribution in [0.2, 0.25) is 0 Å². The molecule has 9 aromatic carbocycles. The average molecular weight is 664 g/mol. The number of anilines is 3. The van der Waals surface area contributed by atoms with Gasteiger partial charge in [0.25, 0.3) is 0 Å². The van der Waals surface area contributed by atoms with Crippen LogP contribution in [0.5, 0.6) is 0 Å². The molecule has 0 saturated carbocycles. The maximum atomic E-state index is 6.50. The number of nitrogens with zero attached hydrogens (tertiary/aromatic N) is 1. The highest BCUT2D eigenvalue weighted by molar-refractivity contribution is 6.15. The zero-order chi connectivity index (χ0) is 34.4. The summed E-state index contributed by atoms with van der Waals surface area (Å²) in [6.45, 7) is 0. The Kier molecular flexibility index (Phi) is 7.18. The van der Waals surface area contributed by atoms with Crippen molar-refractivity contribution < 1.29 is 4.42 Å². The van der Waals surface area contributed by atoms with Crippen LogP contribution in [0.15, 0.2) is 205 Å². The van der Waals surface area contributed by atoms with Gasteiger partial charge in [-0.3, -0.25) is 0 Å². The second-order valence-electron chi connectivity index (χ2n) is 13.4. The molecule has 2 heteroatoms. The van der Waals surface area contributed by atoms with E-state index in [1.165, 1.54) is 38.4 Å². The van der Waals surface area contributed by atoms with Gasteiger partial charge in [0.2, 0.25) is 0 Å². The number of benzene rings is 9. The second-order valence-corrected chi connectivity index (χ2v) is 13.4. The van der Waals surface area contributed by atoms with E-state index < -0.39 is 0 Å². The molecular formula is C50H33NO. The summed E-state index contributed by atoms with van der Waals surface area (Å²) in [5.74, 6) is 0. The molecule has 0 amide bonds. The quantitative estimate of drug-likeness (QED) is 0.176. The van der Waals surface area contributed by atoms with Crippen LogP contribution in [0.4, 0.5) is 17.1 Å². The lowest BCUT2D eigenvalue weighted by molar-refractivity contribution is 0.672. The van der Waals surface area contributed by atoms with Gasteiger partial charge in [0.1, 0.15) is 11.2 Å². The van der Waals surface area contributed by atoms with Gasteiger partial charge in [-0.2, -0.15) is 0 Å². The average Bonchev–Trinajstić information content (AvgIpc) is 3.60. The highest BCUT2D eigenvalue weighted by Crippen LogP contribution is 2.44. The van der Waals surface area contributed by atoms with Crippen molar-refractivity contribution in [2.24, 2.45) is 0 Å². The molecule has 0 N–H and O–H groups in total. The van der Waals surface area contributed by atoms with E-state index in [4.69, 9.17) is 4.42 Å². The van der Waals surface area contributed by atoms with Gasteiger partial charge in [-0.15, -0.1) is 0 Å². The van der Waals surface area contributed by atoms with Crippen molar-refractivity contribution in [1.29, 1.82) is 0 Å². The molecule has 0 bridgehead atoms. The van der Waals surface area contributed by atoms with Crippen molar-refractivity contribution in [3.05, 3.63) is 200 Å². The lowest BCUT2D eigenvalue weighted by Gasteiger charge is -2.29. The molecule has 0 aliphatic heterocycles. The molecule has 244 valence electrons. The van der Waals surface area contributed by atoms with Crippen LogP contribution in [0, 0.1) is 0 Å². The maximum Gasteiger partial charge on any atom is 0.143 e. The standard InChI is InChI=1S/C50H33NO/c1-2-12-34(13-3-1)38-17-10-19-42(31-38)51(43-20-11-18-39(32-43)40-25-24-35-14-4-5-16-37(35)30-40)48-23-9-8-21-44(48)41-27-29-49-47(33-41)46-28-26-36-15-6-7-22-45(36)50(46)52-49/h1-33H. The topological polar surface area (TPSA) is 16.4 Å². The summed E-state index contributed by atoms with van der Waals surface area (Å²) in [5.41, 5.74) is 12.1. The Labute approximate surface area is 302 Å². The van der Waals surface area contributed by atoms with Crippen LogP contribution in [-0.4, -0.2) is 0 Å². The van der Waals surface area contributed by atoms with Crippen molar-refractivity contribution in [3.8, 4) is 33.4 Å². The number of hydrogen-bond donors (Lipinski definition) is 0. The first-order chi connectivity index (χ1) is 25.8. The molecule has 0 saturated heterocycles. The third kappa shape index (κ3) is 5.21. The SMILES string of the molecule is c1ccc(-c2cccc(N(c3cccc(-c4ccc5ccccc5c4)c3)c3ccccc3-c3ccc4oc5c6ccccc6ccc5c4c3)c2)cc1. The Morgan fingerprint density at radius 1 is 0.327 bits per heavy atom. The van der Waals surface area contributed by atoms with Gasteiger partial charge in [-0.1, -0.05) is 146 Å². The minimum absolute atomic E-state index is 0.892. The Morgan fingerprint density at radius 3 is 1.77 bits per heavy atom. The molecule has 1 aromatic heterocycles. The molecule has 0 fully saturated rings. The minimum Gasteiger partial charge on any atom is -0.455 e. The van der Waals surface area contributed by atoms with Crippen LogP contribution < -0.4 is 4.90 Å². The summed E-state index contributed by atoms with van der Waals surface area (Å²) in [4.78, 5) is 2.40. The summed E-state index contributed by atoms with van der Waals surface area (Å²) >= 11 is 0. The largest absolute Gasteiger partial charge is 0.455 e. The first-order valence-corrected chi connectivity index (χ1v) is 17.8. The lowest BCUT2D eigenvalue weighted by atomic mass is 9.97. The predicted molar refractivity (Wildman–Crippen MR) is 220 cm³/mol. The van der Waals surface area contributed by atoms with Gasteiger partial charge >= 0.3 is 0 Å². The summed E-state index contributed by atoms with van der Waals surface area (Å²) in [5, 5.41) is 7.03. The predicted octanol–water partition coefficient (Wildman–Crippen LogP) is 14.4. The Balaban J connectivity index is 1.16. The van der Waals surface area contributed by atoms with Crippen LogP contribution in [0.1, 0.15) is 0 Å². The van der Waals surface area contributed by atoms with E-state index in [0.29, 0.717) is 0 Å². The fourth-order valence-electron chi connectivity index (χ4n) is 7.66. The van der Waals surface area contributed by atoms with Crippen molar-refractivity contribution in [2.45, 2.75) is 0 Å². The summed E-state index contributed by atoms with van der Waals surface area (Å²) in [7, 11) is 0. The molecule has 52 heavy (non-hydrogen) atoms. The van der Waals surface area contributed by atoms with Crippen LogP contribution in [-0.2, 0) is 0 Å². The van der Waals surface area contributed by atoms with Gasteiger partial charge in [0.05, 0.1) is 5.69 Å². The van der Waals surface area contributed by atoms with E-state index in [2.05, 4.69) is 205 Å². The third-order valence-corrected chi connectivity index (χ3v) is 10.2. The van der Waals surface area contributed by atoms with E-state index in [1.54, 1.807) is 0 Å². The summed E-state index contributed by atoms with van der Waals surface area (Å²) in [6, 6.07) is 71.8. The molecule has 10 aromatic rings. The molecule has 0 unspecified atom stereocenters. The van der Waals surface area contributed by atoms with E-state index in [0.717, 1.165) is 55.5 Å². The van der Waals surface area contributed by atoms with Crippen LogP contribution in [0.25, 0.3) is 76.9 Å². The normalized spacial score (nSPS) is 11.5. The number of fused-ring (bicyclic) bond motifs is 6. The van der Waals surface area contributed by atoms with Crippen molar-refractivity contribution in [1.82, 2.24) is 0 Å². The van der Waals surface area contributed by atoms with Crippen molar-refractivity contribution in [3.63, 3.8) is 0 Å². The third-order valence-electron chi connectivity index (χ3n) is 10.2. The Bertz CT molecular complexity index is 2920. The first kappa shape index (κ1) is 30.0. The Morgan fingerprint density at radius 2 is 0.942 bits per heavy atom. The van der Waals surface area contributed by atoms with E-state index >= 15 is 0 Å². The van der Waals surface area contributed by atoms with E-state index in [1.807, 2.05) is 0 Å². The molecule has 0 radical (unpaired) electrons. The zero-order valence-corrected chi connectivity index (χ0v) is 28.4. The molecular weight excluding hydrogens is 631 g/mol. The molecule has 10 rings (SSSR count). The molecule has 0 atom stereocenters. The fourth-order valence-corrected chi connectivity index (χ4v) is 7.66. The smallest absolute Gasteiger partial charge is 0.143 e. The van der Waals surface area contributed by atoms with Crippen LogP contribution in [0.3, 0.4) is 0 Å². The minimum atomic E-state index is 0.892. The maximum absolute atomic E-state index is 6.50. The molecule has 2 nitrogen and oxygen atoms in total.